The van der Waals surface area contributed by atoms with E-state index in [1.807, 2.05) is 18.6 Å². The molecule has 2 rings (SSSR count). The fourth-order valence-electron chi connectivity index (χ4n) is 1.84. The Kier molecular flexibility index (Phi) is 5.30. The Labute approximate surface area is 123 Å². The van der Waals surface area contributed by atoms with E-state index in [0.29, 0.717) is 24.0 Å². The largest absolute Gasteiger partial charge is 0.309 e. The first-order chi connectivity index (χ1) is 9.04. The Morgan fingerprint density at radius 3 is 2.84 bits per heavy atom. The van der Waals surface area contributed by atoms with Crippen LogP contribution in [-0.4, -0.2) is 33.0 Å². The lowest BCUT2D eigenvalue weighted by Crippen LogP contribution is -2.27. The average molecular weight is 321 g/mol. The Morgan fingerprint density at radius 1 is 1.47 bits per heavy atom. The maximum Gasteiger partial charge on any atom is 0.242 e. The van der Waals surface area contributed by atoms with Gasteiger partial charge in [0.05, 0.1) is 0 Å². The minimum atomic E-state index is -3.37. The molecule has 0 amide bonds. The van der Waals surface area contributed by atoms with E-state index >= 15 is 0 Å². The highest BCUT2D eigenvalue weighted by atomic mass is 32.2. The highest BCUT2D eigenvalue weighted by Crippen LogP contribution is 2.28. The van der Waals surface area contributed by atoms with E-state index < -0.39 is 10.0 Å². The van der Waals surface area contributed by atoms with Crippen LogP contribution < -0.4 is 10.0 Å². The standard InChI is InChI=1S/C12H20N2O2S3/c1-9-8-18-11(7-13-10-3-4-10)12(9)19(15,16)14-5-6-17-2/h8,10,13-14H,3-7H2,1-2H3. The summed E-state index contributed by atoms with van der Waals surface area (Å²) in [6.07, 6.45) is 4.38. The third-order valence-electron chi connectivity index (χ3n) is 2.99. The lowest BCUT2D eigenvalue weighted by Gasteiger charge is -2.09. The van der Waals surface area contributed by atoms with Crippen molar-refractivity contribution >= 4 is 33.1 Å². The fourth-order valence-corrected chi connectivity index (χ4v) is 5.07. The van der Waals surface area contributed by atoms with E-state index in [2.05, 4.69) is 10.0 Å². The first-order valence-electron chi connectivity index (χ1n) is 6.33. The van der Waals surface area contributed by atoms with Crippen LogP contribution >= 0.6 is 23.1 Å². The van der Waals surface area contributed by atoms with Crippen molar-refractivity contribution in [3.63, 3.8) is 0 Å². The quantitative estimate of drug-likeness (QED) is 0.719. The first-order valence-corrected chi connectivity index (χ1v) is 10.1. The molecule has 1 aliphatic carbocycles. The SMILES string of the molecule is CSCCNS(=O)(=O)c1c(C)csc1CNC1CC1. The zero-order valence-electron chi connectivity index (χ0n) is 11.2. The summed E-state index contributed by atoms with van der Waals surface area (Å²) in [5, 5.41) is 5.30. The molecule has 0 unspecified atom stereocenters. The van der Waals surface area contributed by atoms with Gasteiger partial charge in [-0.2, -0.15) is 11.8 Å². The lowest BCUT2D eigenvalue weighted by molar-refractivity contribution is 0.581. The van der Waals surface area contributed by atoms with Crippen LogP contribution in [0, 0.1) is 6.92 Å². The van der Waals surface area contributed by atoms with E-state index in [1.54, 1.807) is 11.8 Å². The Hall–Kier alpha value is -0.0800. The molecule has 19 heavy (non-hydrogen) atoms. The van der Waals surface area contributed by atoms with Crippen LogP contribution in [0.3, 0.4) is 0 Å². The van der Waals surface area contributed by atoms with Crippen molar-refractivity contribution in [2.45, 2.75) is 37.2 Å². The minimum absolute atomic E-state index is 0.478. The highest BCUT2D eigenvalue weighted by Gasteiger charge is 2.25. The Bertz CT molecular complexity index is 521. The lowest BCUT2D eigenvalue weighted by atomic mass is 10.3. The number of hydrogen-bond donors (Lipinski definition) is 2. The van der Waals surface area contributed by atoms with Gasteiger partial charge >= 0.3 is 0 Å². The fraction of sp³-hybridized carbons (Fsp3) is 0.667. The van der Waals surface area contributed by atoms with Gasteiger partial charge < -0.3 is 5.32 Å². The maximum absolute atomic E-state index is 12.3. The summed E-state index contributed by atoms with van der Waals surface area (Å²) >= 11 is 3.16. The molecule has 1 saturated carbocycles. The molecule has 1 fully saturated rings. The molecule has 108 valence electrons. The van der Waals surface area contributed by atoms with Gasteiger partial charge in [-0.05, 0) is 37.0 Å². The van der Waals surface area contributed by atoms with Crippen LogP contribution in [0.25, 0.3) is 0 Å². The van der Waals surface area contributed by atoms with E-state index in [-0.39, 0.29) is 0 Å². The zero-order chi connectivity index (χ0) is 13.9. The smallest absolute Gasteiger partial charge is 0.242 e. The maximum atomic E-state index is 12.3. The Balaban J connectivity index is 2.09. The van der Waals surface area contributed by atoms with Crippen LogP contribution in [0.4, 0.5) is 0 Å². The molecule has 1 aromatic heterocycles. The second-order valence-corrected chi connectivity index (χ2v) is 8.37. The second-order valence-electron chi connectivity index (χ2n) is 4.72. The minimum Gasteiger partial charge on any atom is -0.309 e. The van der Waals surface area contributed by atoms with Gasteiger partial charge in [0.25, 0.3) is 0 Å². The van der Waals surface area contributed by atoms with Gasteiger partial charge in [-0.1, -0.05) is 0 Å². The van der Waals surface area contributed by atoms with Gasteiger partial charge in [0.15, 0.2) is 0 Å². The van der Waals surface area contributed by atoms with Crippen molar-refractivity contribution in [3.8, 4) is 0 Å². The summed E-state index contributed by atoms with van der Waals surface area (Å²) in [7, 11) is -3.37. The van der Waals surface area contributed by atoms with Crippen LogP contribution in [0.1, 0.15) is 23.3 Å². The van der Waals surface area contributed by atoms with Crippen LogP contribution in [0.15, 0.2) is 10.3 Å². The van der Waals surface area contributed by atoms with Crippen molar-refractivity contribution < 1.29 is 8.42 Å². The summed E-state index contributed by atoms with van der Waals surface area (Å²) in [5.41, 5.74) is 0.842. The summed E-state index contributed by atoms with van der Waals surface area (Å²) in [6.45, 7) is 3.00. The van der Waals surface area contributed by atoms with Crippen LogP contribution in [0.2, 0.25) is 0 Å². The summed E-state index contributed by atoms with van der Waals surface area (Å²) < 4.78 is 27.3. The van der Waals surface area contributed by atoms with E-state index in [1.165, 1.54) is 24.2 Å². The predicted octanol–water partition coefficient (Wildman–Crippen LogP) is 1.95. The van der Waals surface area contributed by atoms with E-state index in [0.717, 1.165) is 16.2 Å². The topological polar surface area (TPSA) is 58.2 Å². The van der Waals surface area contributed by atoms with Gasteiger partial charge in [0, 0.05) is 29.8 Å². The molecule has 4 nitrogen and oxygen atoms in total. The zero-order valence-corrected chi connectivity index (χ0v) is 13.7. The second kappa shape index (κ2) is 6.58. The number of thioether (sulfide) groups is 1. The van der Waals surface area contributed by atoms with Crippen molar-refractivity contribution in [1.29, 1.82) is 0 Å². The summed E-state index contributed by atoms with van der Waals surface area (Å²) in [6, 6.07) is 0.586. The van der Waals surface area contributed by atoms with Crippen LogP contribution in [0.5, 0.6) is 0 Å². The molecule has 0 spiro atoms. The number of hydrogen-bond acceptors (Lipinski definition) is 5. The molecule has 0 atom stereocenters. The highest BCUT2D eigenvalue weighted by molar-refractivity contribution is 7.98. The van der Waals surface area contributed by atoms with Gasteiger partial charge in [-0.3, -0.25) is 0 Å². The number of aryl methyl sites for hydroxylation is 1. The monoisotopic (exact) mass is 320 g/mol. The molecule has 0 bridgehead atoms. The van der Waals surface area contributed by atoms with E-state index in [4.69, 9.17) is 0 Å². The van der Waals surface area contributed by atoms with E-state index in [9.17, 15) is 8.42 Å². The predicted molar refractivity (Wildman–Crippen MR) is 82.5 cm³/mol. The average Bonchev–Trinajstić information content (AvgIpc) is 3.10. The molecule has 0 aromatic carbocycles. The molecule has 7 heteroatoms. The van der Waals surface area contributed by atoms with Gasteiger partial charge in [-0.15, -0.1) is 11.3 Å². The Morgan fingerprint density at radius 2 is 2.21 bits per heavy atom. The van der Waals surface area contributed by atoms with Gasteiger partial charge in [0.1, 0.15) is 4.90 Å². The molecular formula is C12H20N2O2S3. The molecule has 1 aromatic rings. The first kappa shape index (κ1) is 15.3. The van der Waals surface area contributed by atoms with Crippen molar-refractivity contribution in [1.82, 2.24) is 10.0 Å². The molecule has 2 N–H and O–H groups in total. The molecule has 1 aliphatic rings. The third-order valence-corrected chi connectivity index (χ3v) is 6.52. The third kappa shape index (κ3) is 4.19. The number of thiophene rings is 1. The van der Waals surface area contributed by atoms with Crippen molar-refractivity contribution in [3.05, 3.63) is 15.8 Å². The molecule has 1 heterocycles. The number of sulfonamides is 1. The number of nitrogens with one attached hydrogen (secondary N) is 2. The summed E-state index contributed by atoms with van der Waals surface area (Å²) in [5.74, 6) is 0.790. The summed E-state index contributed by atoms with van der Waals surface area (Å²) in [4.78, 5) is 1.40. The molecule has 0 radical (unpaired) electrons. The van der Waals surface area contributed by atoms with Gasteiger partial charge in [0.2, 0.25) is 10.0 Å². The van der Waals surface area contributed by atoms with Crippen LogP contribution in [-0.2, 0) is 16.6 Å². The normalized spacial score (nSPS) is 15.9. The molecule has 0 aliphatic heterocycles. The van der Waals surface area contributed by atoms with Crippen molar-refractivity contribution in [2.75, 3.05) is 18.6 Å². The van der Waals surface area contributed by atoms with Crippen molar-refractivity contribution in [2.24, 2.45) is 0 Å². The molecular weight excluding hydrogens is 300 g/mol. The van der Waals surface area contributed by atoms with Gasteiger partial charge in [-0.25, -0.2) is 13.1 Å². The number of rotatable bonds is 8. The molecule has 0 saturated heterocycles.